The van der Waals surface area contributed by atoms with E-state index in [4.69, 9.17) is 5.73 Å². The zero-order valence-electron chi connectivity index (χ0n) is 12.5. The van der Waals surface area contributed by atoms with Gasteiger partial charge >= 0.3 is 0 Å². The van der Waals surface area contributed by atoms with E-state index >= 15 is 0 Å². The van der Waals surface area contributed by atoms with Crippen LogP contribution in [-0.4, -0.2) is 54.0 Å². The summed E-state index contributed by atoms with van der Waals surface area (Å²) < 4.78 is 0. The first-order valence-electron chi connectivity index (χ1n) is 7.85. The molecule has 2 aliphatic rings. The minimum atomic E-state index is -0.575. The predicted molar refractivity (Wildman–Crippen MR) is 77.9 cm³/mol. The van der Waals surface area contributed by atoms with Gasteiger partial charge in [-0.15, -0.1) is 0 Å². The van der Waals surface area contributed by atoms with E-state index in [0.29, 0.717) is 6.04 Å². The molecule has 1 saturated heterocycles. The van der Waals surface area contributed by atoms with Gasteiger partial charge in [-0.1, -0.05) is 26.2 Å². The van der Waals surface area contributed by atoms with Crippen molar-refractivity contribution in [2.24, 2.45) is 5.73 Å². The molecule has 0 bridgehead atoms. The number of nitrogens with two attached hydrogens (primary N) is 1. The molecular formula is C15H29N3O. The van der Waals surface area contributed by atoms with Gasteiger partial charge in [0.05, 0.1) is 5.54 Å². The number of carbonyl (C=O) groups excluding carboxylic acids is 1. The van der Waals surface area contributed by atoms with Gasteiger partial charge in [0.25, 0.3) is 0 Å². The number of hydrogen-bond acceptors (Lipinski definition) is 3. The number of amides is 1. The minimum absolute atomic E-state index is 0.217. The van der Waals surface area contributed by atoms with Crippen LogP contribution in [0.15, 0.2) is 0 Å². The van der Waals surface area contributed by atoms with Gasteiger partial charge in [-0.2, -0.15) is 0 Å². The SMILES string of the molecule is CCC1CN(C)CCCN1C(=O)C1(N)CCCCC1. The van der Waals surface area contributed by atoms with Crippen LogP contribution in [-0.2, 0) is 4.79 Å². The standard InChI is InChI=1S/C15H29N3O/c1-3-13-12-17(2)10-7-11-18(13)14(19)15(16)8-5-4-6-9-15/h13H,3-12,16H2,1-2H3. The highest BCUT2D eigenvalue weighted by Crippen LogP contribution is 2.29. The summed E-state index contributed by atoms with van der Waals surface area (Å²) in [5.74, 6) is 0.217. The summed E-state index contributed by atoms with van der Waals surface area (Å²) >= 11 is 0. The Labute approximate surface area is 117 Å². The highest BCUT2D eigenvalue weighted by atomic mass is 16.2. The van der Waals surface area contributed by atoms with E-state index in [2.05, 4.69) is 23.8 Å². The highest BCUT2D eigenvalue weighted by Gasteiger charge is 2.40. The Morgan fingerprint density at radius 1 is 1.21 bits per heavy atom. The number of nitrogens with zero attached hydrogens (tertiary/aromatic N) is 2. The highest BCUT2D eigenvalue weighted by molar-refractivity contribution is 5.86. The lowest BCUT2D eigenvalue weighted by molar-refractivity contribution is -0.140. The average molecular weight is 267 g/mol. The topological polar surface area (TPSA) is 49.6 Å². The fraction of sp³-hybridized carbons (Fsp3) is 0.933. The van der Waals surface area contributed by atoms with E-state index in [1.165, 1.54) is 6.42 Å². The van der Waals surface area contributed by atoms with Crippen molar-refractivity contribution in [3.63, 3.8) is 0 Å². The molecule has 19 heavy (non-hydrogen) atoms. The van der Waals surface area contributed by atoms with Crippen LogP contribution in [0.2, 0.25) is 0 Å². The lowest BCUT2D eigenvalue weighted by Gasteiger charge is -2.39. The molecule has 110 valence electrons. The van der Waals surface area contributed by atoms with Crippen molar-refractivity contribution in [1.29, 1.82) is 0 Å². The average Bonchev–Trinajstić information content (AvgIpc) is 2.60. The fourth-order valence-corrected chi connectivity index (χ4v) is 3.54. The molecule has 1 aliphatic carbocycles. The summed E-state index contributed by atoms with van der Waals surface area (Å²) in [7, 11) is 2.15. The van der Waals surface area contributed by atoms with Gasteiger partial charge in [0.15, 0.2) is 0 Å². The number of rotatable bonds is 2. The van der Waals surface area contributed by atoms with Crippen LogP contribution in [0, 0.1) is 0 Å². The van der Waals surface area contributed by atoms with Crippen molar-refractivity contribution >= 4 is 5.91 Å². The first kappa shape index (κ1) is 14.8. The lowest BCUT2D eigenvalue weighted by Crippen LogP contribution is -2.59. The van der Waals surface area contributed by atoms with Crippen molar-refractivity contribution in [2.45, 2.75) is 63.5 Å². The Morgan fingerprint density at radius 3 is 2.53 bits per heavy atom. The predicted octanol–water partition coefficient (Wildman–Crippen LogP) is 1.59. The van der Waals surface area contributed by atoms with E-state index in [9.17, 15) is 4.79 Å². The third-order valence-electron chi connectivity index (χ3n) is 4.81. The smallest absolute Gasteiger partial charge is 0.242 e. The second-order valence-corrected chi connectivity index (χ2v) is 6.39. The summed E-state index contributed by atoms with van der Waals surface area (Å²) in [4.78, 5) is 17.3. The summed E-state index contributed by atoms with van der Waals surface area (Å²) in [6.45, 7) is 5.12. The fourth-order valence-electron chi connectivity index (χ4n) is 3.54. The molecule has 4 heteroatoms. The maximum absolute atomic E-state index is 12.9. The summed E-state index contributed by atoms with van der Waals surface area (Å²) in [5.41, 5.74) is 5.86. The van der Waals surface area contributed by atoms with Crippen molar-refractivity contribution in [2.75, 3.05) is 26.7 Å². The van der Waals surface area contributed by atoms with E-state index in [-0.39, 0.29) is 5.91 Å². The first-order valence-corrected chi connectivity index (χ1v) is 7.85. The molecule has 2 rings (SSSR count). The van der Waals surface area contributed by atoms with Gasteiger partial charge < -0.3 is 15.5 Å². The summed E-state index contributed by atoms with van der Waals surface area (Å²) in [6, 6.07) is 0.336. The van der Waals surface area contributed by atoms with E-state index in [1.807, 2.05) is 0 Å². The monoisotopic (exact) mass is 267 g/mol. The molecule has 1 amide bonds. The van der Waals surface area contributed by atoms with Gasteiger partial charge in [-0.3, -0.25) is 4.79 Å². The van der Waals surface area contributed by atoms with Gasteiger partial charge in [0, 0.05) is 19.1 Å². The van der Waals surface area contributed by atoms with Crippen LogP contribution in [0.4, 0.5) is 0 Å². The zero-order chi connectivity index (χ0) is 13.9. The van der Waals surface area contributed by atoms with Gasteiger partial charge in [0.1, 0.15) is 0 Å². The molecule has 1 atom stereocenters. The molecule has 1 unspecified atom stereocenters. The van der Waals surface area contributed by atoms with Crippen molar-refractivity contribution in [3.8, 4) is 0 Å². The molecule has 1 aliphatic heterocycles. The summed E-state index contributed by atoms with van der Waals surface area (Å²) in [6.07, 6.45) is 7.26. The molecule has 0 aromatic carbocycles. The van der Waals surface area contributed by atoms with Crippen LogP contribution < -0.4 is 5.73 Å². The van der Waals surface area contributed by atoms with E-state index < -0.39 is 5.54 Å². The van der Waals surface area contributed by atoms with Crippen molar-refractivity contribution in [1.82, 2.24) is 9.80 Å². The summed E-state index contributed by atoms with van der Waals surface area (Å²) in [5, 5.41) is 0. The van der Waals surface area contributed by atoms with Crippen molar-refractivity contribution in [3.05, 3.63) is 0 Å². The minimum Gasteiger partial charge on any atom is -0.337 e. The molecule has 0 aromatic rings. The zero-order valence-corrected chi connectivity index (χ0v) is 12.5. The molecule has 0 radical (unpaired) electrons. The maximum Gasteiger partial charge on any atom is 0.242 e. The van der Waals surface area contributed by atoms with Gasteiger partial charge in [0.2, 0.25) is 5.91 Å². The largest absolute Gasteiger partial charge is 0.337 e. The van der Waals surface area contributed by atoms with Crippen LogP contribution >= 0.6 is 0 Å². The van der Waals surface area contributed by atoms with Crippen LogP contribution in [0.1, 0.15) is 51.9 Å². The second kappa shape index (κ2) is 6.23. The van der Waals surface area contributed by atoms with Gasteiger partial charge in [-0.05, 0) is 39.3 Å². The van der Waals surface area contributed by atoms with Crippen LogP contribution in [0.25, 0.3) is 0 Å². The third-order valence-corrected chi connectivity index (χ3v) is 4.81. The normalized spacial score (nSPS) is 29.0. The first-order chi connectivity index (χ1) is 9.07. The quantitative estimate of drug-likeness (QED) is 0.826. The van der Waals surface area contributed by atoms with Crippen LogP contribution in [0.3, 0.4) is 0 Å². The Kier molecular flexibility index (Phi) is 4.85. The molecule has 4 nitrogen and oxygen atoms in total. The number of hydrogen-bond donors (Lipinski definition) is 1. The number of likely N-dealkylation sites (N-methyl/N-ethyl adjacent to an activating group) is 1. The third kappa shape index (κ3) is 3.29. The molecule has 1 saturated carbocycles. The molecule has 0 aromatic heterocycles. The molecule has 0 spiro atoms. The Balaban J connectivity index is 2.10. The van der Waals surface area contributed by atoms with E-state index in [1.54, 1.807) is 0 Å². The Morgan fingerprint density at radius 2 is 1.89 bits per heavy atom. The molecular weight excluding hydrogens is 238 g/mol. The Hall–Kier alpha value is -0.610. The molecule has 1 heterocycles. The van der Waals surface area contributed by atoms with Crippen molar-refractivity contribution < 1.29 is 4.79 Å². The second-order valence-electron chi connectivity index (χ2n) is 6.39. The maximum atomic E-state index is 12.9. The van der Waals surface area contributed by atoms with Crippen LogP contribution in [0.5, 0.6) is 0 Å². The molecule has 2 N–H and O–H groups in total. The Bertz CT molecular complexity index is 313. The molecule has 2 fully saturated rings. The van der Waals surface area contributed by atoms with Gasteiger partial charge in [-0.25, -0.2) is 0 Å². The lowest BCUT2D eigenvalue weighted by atomic mass is 9.81. The number of carbonyl (C=O) groups is 1. The van der Waals surface area contributed by atoms with E-state index in [0.717, 1.165) is 58.2 Å².